The number of hydrogen-bond donors (Lipinski definition) is 0. The summed E-state index contributed by atoms with van der Waals surface area (Å²) in [5, 5.41) is 0. The van der Waals surface area contributed by atoms with Crippen LogP contribution in [0.4, 0.5) is 0 Å². The average molecular weight is 157 g/mol. The maximum atomic E-state index is 4.00. The van der Waals surface area contributed by atoms with Gasteiger partial charge in [0.25, 0.3) is 0 Å². The van der Waals surface area contributed by atoms with Crippen LogP contribution in [0.25, 0.3) is 11.6 Å². The van der Waals surface area contributed by atoms with Crippen LogP contribution >= 0.6 is 0 Å². The molecule has 2 heterocycles. The van der Waals surface area contributed by atoms with Gasteiger partial charge in [-0.05, 0) is 6.07 Å². The second kappa shape index (κ2) is 3.04. The molecule has 57 valence electrons. The van der Waals surface area contributed by atoms with E-state index < -0.39 is 0 Å². The third-order valence-electron chi connectivity index (χ3n) is 1.29. The van der Waals surface area contributed by atoms with Crippen LogP contribution in [0.5, 0.6) is 0 Å². The molecule has 0 amide bonds. The Kier molecular flexibility index (Phi) is 1.74. The van der Waals surface area contributed by atoms with Crippen LogP contribution in [0.3, 0.4) is 0 Å². The molecular weight excluding hydrogens is 152 g/mol. The second-order valence-electron chi connectivity index (χ2n) is 2.08. The summed E-state index contributed by atoms with van der Waals surface area (Å²) in [5.41, 5.74) is 0. The minimum absolute atomic E-state index is 0.523. The SMILES string of the molecule is [c]1cnc(-c2ncccn2)nc1. The highest BCUT2D eigenvalue weighted by Crippen LogP contribution is 2.03. The number of hydrogen-bond acceptors (Lipinski definition) is 4. The highest BCUT2D eigenvalue weighted by Gasteiger charge is 1.99. The molecule has 2 aromatic heterocycles. The van der Waals surface area contributed by atoms with Gasteiger partial charge in [-0.25, -0.2) is 19.9 Å². The van der Waals surface area contributed by atoms with E-state index in [2.05, 4.69) is 26.0 Å². The van der Waals surface area contributed by atoms with Crippen LogP contribution in [0.2, 0.25) is 0 Å². The smallest absolute Gasteiger partial charge is 0.197 e. The second-order valence-corrected chi connectivity index (χ2v) is 2.08. The summed E-state index contributed by atoms with van der Waals surface area (Å²) in [6.45, 7) is 0. The molecule has 4 nitrogen and oxygen atoms in total. The molecule has 0 N–H and O–H groups in total. The molecule has 0 aliphatic heterocycles. The van der Waals surface area contributed by atoms with E-state index in [9.17, 15) is 0 Å². The summed E-state index contributed by atoms with van der Waals surface area (Å²) in [6, 6.07) is 4.47. The summed E-state index contributed by atoms with van der Waals surface area (Å²) in [7, 11) is 0. The van der Waals surface area contributed by atoms with E-state index in [4.69, 9.17) is 0 Å². The van der Waals surface area contributed by atoms with Crippen molar-refractivity contribution in [3.63, 3.8) is 0 Å². The fraction of sp³-hybridized carbons (Fsp3) is 0. The number of nitrogens with zero attached hydrogens (tertiary/aromatic N) is 4. The van der Waals surface area contributed by atoms with E-state index in [-0.39, 0.29) is 0 Å². The lowest BCUT2D eigenvalue weighted by atomic mass is 10.5. The Bertz CT molecular complexity index is 308. The van der Waals surface area contributed by atoms with E-state index in [0.29, 0.717) is 11.6 Å². The standard InChI is InChI=1S/C8H5N4/c1-3-9-7(10-4-1)8-11-5-2-6-12-8/h1,3-6H. The molecule has 0 bridgehead atoms. The molecule has 2 aromatic rings. The van der Waals surface area contributed by atoms with Gasteiger partial charge in [0.1, 0.15) is 0 Å². The van der Waals surface area contributed by atoms with Crippen molar-refractivity contribution in [1.82, 2.24) is 19.9 Å². The summed E-state index contributed by atoms with van der Waals surface area (Å²) >= 11 is 0. The first-order valence-electron chi connectivity index (χ1n) is 3.42. The van der Waals surface area contributed by atoms with Gasteiger partial charge in [-0.2, -0.15) is 0 Å². The van der Waals surface area contributed by atoms with Crippen molar-refractivity contribution < 1.29 is 0 Å². The Labute approximate surface area is 69.4 Å². The van der Waals surface area contributed by atoms with Crippen LogP contribution in [0.15, 0.2) is 30.9 Å². The molecule has 0 unspecified atom stereocenters. The zero-order chi connectivity index (χ0) is 8.23. The Morgan fingerprint density at radius 3 is 2.08 bits per heavy atom. The minimum atomic E-state index is 0.523. The van der Waals surface area contributed by atoms with Gasteiger partial charge in [-0.1, -0.05) is 0 Å². The van der Waals surface area contributed by atoms with Gasteiger partial charge in [0.2, 0.25) is 0 Å². The van der Waals surface area contributed by atoms with Gasteiger partial charge in [-0.15, -0.1) is 0 Å². The molecule has 0 spiro atoms. The van der Waals surface area contributed by atoms with Gasteiger partial charge < -0.3 is 0 Å². The molecule has 4 heteroatoms. The molecule has 2 rings (SSSR count). The lowest BCUT2D eigenvalue weighted by Crippen LogP contribution is -1.92. The first-order chi connectivity index (χ1) is 5.97. The quantitative estimate of drug-likeness (QED) is 0.612. The van der Waals surface area contributed by atoms with E-state index in [1.165, 1.54) is 0 Å². The fourth-order valence-corrected chi connectivity index (χ4v) is 0.794. The first-order valence-corrected chi connectivity index (χ1v) is 3.42. The van der Waals surface area contributed by atoms with Crippen LogP contribution in [0, 0.1) is 6.07 Å². The molecule has 1 radical (unpaired) electrons. The zero-order valence-corrected chi connectivity index (χ0v) is 6.18. The van der Waals surface area contributed by atoms with Crippen molar-refractivity contribution in [1.29, 1.82) is 0 Å². The topological polar surface area (TPSA) is 51.6 Å². The molecule has 0 saturated heterocycles. The third kappa shape index (κ3) is 1.27. The molecule has 0 saturated carbocycles. The lowest BCUT2D eigenvalue weighted by Gasteiger charge is -1.93. The van der Waals surface area contributed by atoms with Crippen LogP contribution < -0.4 is 0 Å². The minimum Gasteiger partial charge on any atom is -0.234 e. The Hall–Kier alpha value is -1.84. The van der Waals surface area contributed by atoms with Crippen molar-refractivity contribution in [2.45, 2.75) is 0 Å². The van der Waals surface area contributed by atoms with E-state index >= 15 is 0 Å². The summed E-state index contributed by atoms with van der Waals surface area (Å²) < 4.78 is 0. The van der Waals surface area contributed by atoms with E-state index in [0.717, 1.165) is 0 Å². The van der Waals surface area contributed by atoms with Gasteiger partial charge in [0, 0.05) is 30.9 Å². The Balaban J connectivity index is 2.46. The van der Waals surface area contributed by atoms with Crippen molar-refractivity contribution in [2.24, 2.45) is 0 Å². The Morgan fingerprint density at radius 1 is 0.833 bits per heavy atom. The lowest BCUT2D eigenvalue weighted by molar-refractivity contribution is 1.08. The van der Waals surface area contributed by atoms with Gasteiger partial charge in [0.15, 0.2) is 11.6 Å². The summed E-state index contributed by atoms with van der Waals surface area (Å²) in [6.07, 6.45) is 6.39. The zero-order valence-electron chi connectivity index (χ0n) is 6.18. The molecule has 12 heavy (non-hydrogen) atoms. The van der Waals surface area contributed by atoms with Crippen molar-refractivity contribution in [2.75, 3.05) is 0 Å². The number of aromatic nitrogens is 4. The fourth-order valence-electron chi connectivity index (χ4n) is 0.794. The molecule has 0 aliphatic rings. The predicted molar refractivity (Wildman–Crippen MR) is 41.9 cm³/mol. The number of rotatable bonds is 1. The maximum Gasteiger partial charge on any atom is 0.197 e. The average Bonchev–Trinajstić information content (AvgIpc) is 2.21. The maximum absolute atomic E-state index is 4.00. The van der Waals surface area contributed by atoms with Gasteiger partial charge in [0.05, 0.1) is 0 Å². The van der Waals surface area contributed by atoms with Gasteiger partial charge in [-0.3, -0.25) is 0 Å². The summed E-state index contributed by atoms with van der Waals surface area (Å²) in [5.74, 6) is 1.06. The molecule has 0 atom stereocenters. The van der Waals surface area contributed by atoms with Crippen LogP contribution in [-0.2, 0) is 0 Å². The van der Waals surface area contributed by atoms with Crippen LogP contribution in [0.1, 0.15) is 0 Å². The highest BCUT2D eigenvalue weighted by atomic mass is 15.0. The summed E-state index contributed by atoms with van der Waals surface area (Å²) in [4.78, 5) is 15.9. The van der Waals surface area contributed by atoms with E-state index in [1.54, 1.807) is 30.9 Å². The normalized spacial score (nSPS) is 9.67. The van der Waals surface area contributed by atoms with Gasteiger partial charge >= 0.3 is 0 Å². The third-order valence-corrected chi connectivity index (χ3v) is 1.29. The van der Waals surface area contributed by atoms with Crippen LogP contribution in [-0.4, -0.2) is 19.9 Å². The first kappa shape index (κ1) is 6.84. The molecule has 0 aliphatic carbocycles. The molecule has 0 fully saturated rings. The monoisotopic (exact) mass is 157 g/mol. The van der Waals surface area contributed by atoms with Crippen molar-refractivity contribution in [3.8, 4) is 11.6 Å². The van der Waals surface area contributed by atoms with Crippen molar-refractivity contribution >= 4 is 0 Å². The molecular formula is C8H5N4. The highest BCUT2D eigenvalue weighted by molar-refractivity contribution is 5.40. The Morgan fingerprint density at radius 2 is 1.42 bits per heavy atom. The predicted octanol–water partition coefficient (Wildman–Crippen LogP) is 0.734. The largest absolute Gasteiger partial charge is 0.234 e. The van der Waals surface area contributed by atoms with E-state index in [1.807, 2.05) is 0 Å². The van der Waals surface area contributed by atoms with Crippen molar-refractivity contribution in [3.05, 3.63) is 36.9 Å². The molecule has 0 aromatic carbocycles.